The standard InChI is InChI=1S/C7H14N4O3S/c1-6-10-7(11-14-6)2-4-9-15(12,13)5-3-8/h9H,2-5,8H2,1H3. The van der Waals surface area contributed by atoms with Gasteiger partial charge in [-0.15, -0.1) is 0 Å². The number of nitrogens with one attached hydrogen (secondary N) is 1. The Morgan fingerprint density at radius 3 is 2.80 bits per heavy atom. The van der Waals surface area contributed by atoms with E-state index in [-0.39, 0.29) is 18.8 Å². The van der Waals surface area contributed by atoms with Crippen LogP contribution in [0.3, 0.4) is 0 Å². The molecule has 1 aromatic rings. The number of hydrogen-bond acceptors (Lipinski definition) is 6. The molecule has 7 nitrogen and oxygen atoms in total. The van der Waals surface area contributed by atoms with Crippen LogP contribution in [0.25, 0.3) is 0 Å². The highest BCUT2D eigenvalue weighted by atomic mass is 32.2. The molecule has 8 heteroatoms. The largest absolute Gasteiger partial charge is 0.340 e. The first-order valence-electron chi connectivity index (χ1n) is 4.50. The Hall–Kier alpha value is -0.990. The van der Waals surface area contributed by atoms with Crippen LogP contribution in [0.4, 0.5) is 0 Å². The Bertz CT molecular complexity index is 400. The molecule has 0 fully saturated rings. The van der Waals surface area contributed by atoms with E-state index < -0.39 is 10.0 Å². The molecule has 0 unspecified atom stereocenters. The van der Waals surface area contributed by atoms with Crippen LogP contribution in [-0.4, -0.2) is 37.4 Å². The molecule has 0 saturated heterocycles. The third-order valence-electron chi connectivity index (χ3n) is 1.63. The number of aryl methyl sites for hydroxylation is 1. The third kappa shape index (κ3) is 4.36. The Kier molecular flexibility index (Phi) is 4.18. The van der Waals surface area contributed by atoms with Gasteiger partial charge in [-0.05, 0) is 0 Å². The molecule has 0 spiro atoms. The van der Waals surface area contributed by atoms with E-state index in [1.54, 1.807) is 6.92 Å². The van der Waals surface area contributed by atoms with Crippen LogP contribution in [-0.2, 0) is 16.4 Å². The summed E-state index contributed by atoms with van der Waals surface area (Å²) in [5, 5.41) is 3.64. The lowest BCUT2D eigenvalue weighted by Gasteiger charge is -2.02. The van der Waals surface area contributed by atoms with Crippen molar-refractivity contribution in [1.29, 1.82) is 0 Å². The molecule has 0 aliphatic rings. The zero-order valence-electron chi connectivity index (χ0n) is 8.43. The van der Waals surface area contributed by atoms with Crippen molar-refractivity contribution in [3.63, 3.8) is 0 Å². The number of nitrogens with two attached hydrogens (primary N) is 1. The molecule has 0 radical (unpaired) electrons. The monoisotopic (exact) mass is 234 g/mol. The van der Waals surface area contributed by atoms with Crippen LogP contribution in [0.2, 0.25) is 0 Å². The first kappa shape index (κ1) is 12.1. The lowest BCUT2D eigenvalue weighted by atomic mass is 10.4. The Morgan fingerprint density at radius 1 is 1.53 bits per heavy atom. The van der Waals surface area contributed by atoms with E-state index in [9.17, 15) is 8.42 Å². The number of sulfonamides is 1. The van der Waals surface area contributed by atoms with Gasteiger partial charge in [0.05, 0.1) is 5.75 Å². The molecule has 1 rings (SSSR count). The predicted molar refractivity (Wildman–Crippen MR) is 53.6 cm³/mol. The Balaban J connectivity index is 2.33. The minimum Gasteiger partial charge on any atom is -0.340 e. The fourth-order valence-electron chi connectivity index (χ4n) is 0.989. The molecule has 0 aliphatic carbocycles. The summed E-state index contributed by atoms with van der Waals surface area (Å²) in [5.74, 6) is 0.885. The fraction of sp³-hybridized carbons (Fsp3) is 0.714. The summed E-state index contributed by atoms with van der Waals surface area (Å²) in [6, 6.07) is 0. The summed E-state index contributed by atoms with van der Waals surface area (Å²) >= 11 is 0. The summed E-state index contributed by atoms with van der Waals surface area (Å²) in [6.45, 7) is 2.03. The SMILES string of the molecule is Cc1nc(CCNS(=O)(=O)CCN)no1. The van der Waals surface area contributed by atoms with Gasteiger partial charge in [-0.3, -0.25) is 0 Å². The van der Waals surface area contributed by atoms with Crippen LogP contribution >= 0.6 is 0 Å². The van der Waals surface area contributed by atoms with E-state index >= 15 is 0 Å². The van der Waals surface area contributed by atoms with E-state index in [2.05, 4.69) is 14.9 Å². The van der Waals surface area contributed by atoms with Crippen LogP contribution in [0.5, 0.6) is 0 Å². The minimum absolute atomic E-state index is 0.0712. The molecule has 15 heavy (non-hydrogen) atoms. The van der Waals surface area contributed by atoms with Gasteiger partial charge in [0.15, 0.2) is 5.82 Å². The molecule has 1 aromatic heterocycles. The highest BCUT2D eigenvalue weighted by molar-refractivity contribution is 7.89. The molecule has 0 amide bonds. The molecule has 0 aromatic carbocycles. The lowest BCUT2D eigenvalue weighted by Crippen LogP contribution is -2.31. The molecule has 0 bridgehead atoms. The van der Waals surface area contributed by atoms with Crippen molar-refractivity contribution in [3.05, 3.63) is 11.7 Å². The molecule has 1 heterocycles. The van der Waals surface area contributed by atoms with Crippen molar-refractivity contribution in [1.82, 2.24) is 14.9 Å². The van der Waals surface area contributed by atoms with Crippen molar-refractivity contribution in [3.8, 4) is 0 Å². The number of hydrogen-bond donors (Lipinski definition) is 2. The van der Waals surface area contributed by atoms with E-state index in [0.29, 0.717) is 18.1 Å². The minimum atomic E-state index is -3.26. The molecule has 0 aliphatic heterocycles. The summed E-state index contributed by atoms with van der Waals surface area (Å²) in [6.07, 6.45) is 0.404. The van der Waals surface area contributed by atoms with Gasteiger partial charge in [0, 0.05) is 26.4 Å². The maximum atomic E-state index is 11.2. The van der Waals surface area contributed by atoms with Gasteiger partial charge in [0.1, 0.15) is 0 Å². The second-order valence-electron chi connectivity index (χ2n) is 2.98. The van der Waals surface area contributed by atoms with Gasteiger partial charge < -0.3 is 10.3 Å². The van der Waals surface area contributed by atoms with E-state index in [4.69, 9.17) is 10.3 Å². The quantitative estimate of drug-likeness (QED) is 0.639. The van der Waals surface area contributed by atoms with Crippen LogP contribution < -0.4 is 10.5 Å². The number of aromatic nitrogens is 2. The molecule has 0 atom stereocenters. The van der Waals surface area contributed by atoms with Crippen molar-refractivity contribution < 1.29 is 12.9 Å². The predicted octanol–water partition coefficient (Wildman–Crippen LogP) is -1.20. The average Bonchev–Trinajstić information content (AvgIpc) is 2.51. The number of nitrogens with zero attached hydrogens (tertiary/aromatic N) is 2. The van der Waals surface area contributed by atoms with E-state index in [0.717, 1.165) is 0 Å². The average molecular weight is 234 g/mol. The smallest absolute Gasteiger partial charge is 0.223 e. The number of rotatable bonds is 6. The zero-order chi connectivity index (χ0) is 11.3. The molecular formula is C7H14N4O3S. The van der Waals surface area contributed by atoms with Gasteiger partial charge in [0.2, 0.25) is 15.9 Å². The van der Waals surface area contributed by atoms with Gasteiger partial charge in [-0.25, -0.2) is 13.1 Å². The highest BCUT2D eigenvalue weighted by Crippen LogP contribution is 1.95. The summed E-state index contributed by atoms with van der Waals surface area (Å²) in [5.41, 5.74) is 5.14. The van der Waals surface area contributed by atoms with Crippen LogP contribution in [0.1, 0.15) is 11.7 Å². The van der Waals surface area contributed by atoms with Crippen LogP contribution in [0, 0.1) is 6.92 Å². The van der Waals surface area contributed by atoms with Crippen LogP contribution in [0.15, 0.2) is 4.52 Å². The molecular weight excluding hydrogens is 220 g/mol. The van der Waals surface area contributed by atoms with Gasteiger partial charge in [0.25, 0.3) is 0 Å². The lowest BCUT2D eigenvalue weighted by molar-refractivity contribution is 0.387. The van der Waals surface area contributed by atoms with Gasteiger partial charge in [-0.2, -0.15) is 4.98 Å². The third-order valence-corrected chi connectivity index (χ3v) is 3.04. The summed E-state index contributed by atoms with van der Waals surface area (Å²) in [4.78, 5) is 3.94. The van der Waals surface area contributed by atoms with Gasteiger partial charge in [-0.1, -0.05) is 5.16 Å². The second-order valence-corrected chi connectivity index (χ2v) is 4.91. The molecule has 0 saturated carbocycles. The van der Waals surface area contributed by atoms with Crippen molar-refractivity contribution in [2.45, 2.75) is 13.3 Å². The topological polar surface area (TPSA) is 111 Å². The van der Waals surface area contributed by atoms with Gasteiger partial charge >= 0.3 is 0 Å². The highest BCUT2D eigenvalue weighted by Gasteiger charge is 2.09. The fourth-order valence-corrected chi connectivity index (χ4v) is 1.86. The first-order chi connectivity index (χ1) is 7.03. The summed E-state index contributed by atoms with van der Waals surface area (Å²) < 4.78 is 29.5. The van der Waals surface area contributed by atoms with Crippen molar-refractivity contribution in [2.75, 3.05) is 18.8 Å². The maximum absolute atomic E-state index is 11.2. The normalized spacial score (nSPS) is 11.9. The Labute approximate surface area is 88.1 Å². The van der Waals surface area contributed by atoms with Crippen molar-refractivity contribution in [2.24, 2.45) is 5.73 Å². The second kappa shape index (κ2) is 5.19. The van der Waals surface area contributed by atoms with E-state index in [1.807, 2.05) is 0 Å². The molecule has 3 N–H and O–H groups in total. The summed E-state index contributed by atoms with van der Waals surface area (Å²) in [7, 11) is -3.26. The first-order valence-corrected chi connectivity index (χ1v) is 6.15. The Morgan fingerprint density at radius 2 is 2.27 bits per heavy atom. The van der Waals surface area contributed by atoms with Crippen molar-refractivity contribution >= 4 is 10.0 Å². The maximum Gasteiger partial charge on any atom is 0.223 e. The van der Waals surface area contributed by atoms with E-state index in [1.165, 1.54) is 0 Å². The molecule has 86 valence electrons. The zero-order valence-corrected chi connectivity index (χ0v) is 9.25.